The monoisotopic (exact) mass is 302 g/mol. The van der Waals surface area contributed by atoms with Crippen LogP contribution in [0.2, 0.25) is 0 Å². The number of benzene rings is 1. The summed E-state index contributed by atoms with van der Waals surface area (Å²) in [6.07, 6.45) is 8.73. The lowest BCUT2D eigenvalue weighted by Crippen LogP contribution is -2.30. The molecule has 1 aromatic heterocycles. The third-order valence-electron chi connectivity index (χ3n) is 4.05. The Labute approximate surface area is 130 Å². The van der Waals surface area contributed by atoms with Gasteiger partial charge >= 0.3 is 0 Å². The minimum absolute atomic E-state index is 0.683. The molecule has 4 heteroatoms. The van der Waals surface area contributed by atoms with Gasteiger partial charge in [-0.25, -0.2) is 4.98 Å². The van der Waals surface area contributed by atoms with Crippen molar-refractivity contribution in [3.05, 3.63) is 35.5 Å². The van der Waals surface area contributed by atoms with E-state index in [0.717, 1.165) is 12.3 Å². The van der Waals surface area contributed by atoms with Gasteiger partial charge in [0.05, 0.1) is 12.0 Å². The summed E-state index contributed by atoms with van der Waals surface area (Å²) in [5.41, 5.74) is 1.18. The van der Waals surface area contributed by atoms with Crippen molar-refractivity contribution in [2.75, 3.05) is 7.11 Å². The molecular formula is C17H22N2OS. The number of aromatic nitrogens is 1. The Morgan fingerprint density at radius 2 is 2.14 bits per heavy atom. The van der Waals surface area contributed by atoms with E-state index in [4.69, 9.17) is 4.74 Å². The molecule has 1 aromatic carbocycles. The van der Waals surface area contributed by atoms with Gasteiger partial charge in [-0.05, 0) is 30.5 Å². The fourth-order valence-electron chi connectivity index (χ4n) is 2.84. The Kier molecular flexibility index (Phi) is 4.88. The van der Waals surface area contributed by atoms with Crippen molar-refractivity contribution in [3.63, 3.8) is 0 Å². The molecule has 1 heterocycles. The van der Waals surface area contributed by atoms with Crippen molar-refractivity contribution in [2.24, 2.45) is 0 Å². The first-order chi connectivity index (χ1) is 10.3. The molecule has 0 radical (unpaired) electrons. The van der Waals surface area contributed by atoms with E-state index in [9.17, 15) is 0 Å². The molecule has 112 valence electrons. The van der Waals surface area contributed by atoms with E-state index in [-0.39, 0.29) is 0 Å². The Morgan fingerprint density at radius 1 is 1.29 bits per heavy atom. The second-order valence-corrected chi connectivity index (χ2v) is 6.68. The van der Waals surface area contributed by atoms with Crippen molar-refractivity contribution in [3.8, 4) is 16.2 Å². The highest BCUT2D eigenvalue weighted by Gasteiger charge is 2.13. The predicted octanol–water partition coefficient (Wildman–Crippen LogP) is 4.24. The zero-order valence-electron chi connectivity index (χ0n) is 12.5. The van der Waals surface area contributed by atoms with Gasteiger partial charge in [-0.3, -0.25) is 0 Å². The highest BCUT2D eigenvalue weighted by atomic mass is 32.1. The summed E-state index contributed by atoms with van der Waals surface area (Å²) < 4.78 is 5.28. The van der Waals surface area contributed by atoms with Crippen LogP contribution in [-0.2, 0) is 6.54 Å². The standard InChI is InChI=1S/C17H22N2OS/c1-20-15-9-5-6-13(10-15)16-11-19-17(21-16)12-18-14-7-3-2-4-8-14/h5-6,9-11,14,18H,2-4,7-8,12H2,1H3. The third-order valence-corrected chi connectivity index (χ3v) is 5.10. The molecule has 0 atom stereocenters. The highest BCUT2D eigenvalue weighted by Crippen LogP contribution is 2.29. The molecule has 1 aliphatic rings. The van der Waals surface area contributed by atoms with Gasteiger partial charge in [-0.1, -0.05) is 31.4 Å². The van der Waals surface area contributed by atoms with Gasteiger partial charge in [0.25, 0.3) is 0 Å². The van der Waals surface area contributed by atoms with Gasteiger partial charge in [0.15, 0.2) is 0 Å². The second kappa shape index (κ2) is 7.05. The normalized spacial score (nSPS) is 16.0. The maximum absolute atomic E-state index is 5.28. The molecule has 3 rings (SSSR count). The lowest BCUT2D eigenvalue weighted by Gasteiger charge is -2.22. The number of rotatable bonds is 5. The van der Waals surface area contributed by atoms with E-state index in [1.54, 1.807) is 18.4 Å². The lowest BCUT2D eigenvalue weighted by molar-refractivity contribution is 0.372. The van der Waals surface area contributed by atoms with Crippen LogP contribution in [0.4, 0.5) is 0 Å². The Morgan fingerprint density at radius 3 is 2.95 bits per heavy atom. The van der Waals surface area contributed by atoms with Gasteiger partial charge in [0.2, 0.25) is 0 Å². The van der Waals surface area contributed by atoms with Crippen molar-refractivity contribution in [1.29, 1.82) is 0 Å². The Hall–Kier alpha value is -1.39. The van der Waals surface area contributed by atoms with Gasteiger partial charge in [-0.2, -0.15) is 0 Å². The summed E-state index contributed by atoms with van der Waals surface area (Å²) in [5, 5.41) is 4.81. The van der Waals surface area contributed by atoms with E-state index in [1.165, 1.54) is 47.6 Å². The average Bonchev–Trinajstić information content (AvgIpc) is 3.03. The molecule has 1 fully saturated rings. The van der Waals surface area contributed by atoms with E-state index >= 15 is 0 Å². The van der Waals surface area contributed by atoms with Crippen LogP contribution >= 0.6 is 11.3 Å². The maximum atomic E-state index is 5.28. The van der Waals surface area contributed by atoms with Crippen LogP contribution in [0, 0.1) is 0 Å². The molecule has 1 N–H and O–H groups in total. The van der Waals surface area contributed by atoms with E-state index in [2.05, 4.69) is 22.4 Å². The topological polar surface area (TPSA) is 34.1 Å². The van der Waals surface area contributed by atoms with Crippen LogP contribution in [0.1, 0.15) is 37.1 Å². The number of methoxy groups -OCH3 is 1. The first-order valence-electron chi connectivity index (χ1n) is 7.67. The SMILES string of the molecule is COc1cccc(-c2cnc(CNC3CCCCC3)s2)c1. The highest BCUT2D eigenvalue weighted by molar-refractivity contribution is 7.15. The molecule has 0 aliphatic heterocycles. The van der Waals surface area contributed by atoms with Gasteiger partial charge < -0.3 is 10.1 Å². The summed E-state index contributed by atoms with van der Waals surface area (Å²) in [6, 6.07) is 8.84. The van der Waals surface area contributed by atoms with E-state index < -0.39 is 0 Å². The summed E-state index contributed by atoms with van der Waals surface area (Å²) in [4.78, 5) is 5.75. The molecule has 1 aliphatic carbocycles. The summed E-state index contributed by atoms with van der Waals surface area (Å²) >= 11 is 1.76. The molecule has 21 heavy (non-hydrogen) atoms. The smallest absolute Gasteiger partial charge is 0.119 e. The molecule has 0 saturated heterocycles. The summed E-state index contributed by atoms with van der Waals surface area (Å²) in [6.45, 7) is 0.888. The summed E-state index contributed by atoms with van der Waals surface area (Å²) in [5.74, 6) is 0.891. The first kappa shape index (κ1) is 14.5. The van der Waals surface area contributed by atoms with Gasteiger partial charge in [0, 0.05) is 18.8 Å². The number of nitrogens with zero attached hydrogens (tertiary/aromatic N) is 1. The number of nitrogens with one attached hydrogen (secondary N) is 1. The fraction of sp³-hybridized carbons (Fsp3) is 0.471. The summed E-state index contributed by atoms with van der Waals surface area (Å²) in [7, 11) is 1.70. The van der Waals surface area contributed by atoms with Crippen molar-refractivity contribution in [2.45, 2.75) is 44.7 Å². The van der Waals surface area contributed by atoms with Crippen LogP contribution in [0.5, 0.6) is 5.75 Å². The Bertz CT molecular complexity index is 576. The minimum Gasteiger partial charge on any atom is -0.497 e. The number of hydrogen-bond acceptors (Lipinski definition) is 4. The van der Waals surface area contributed by atoms with Gasteiger partial charge in [-0.15, -0.1) is 11.3 Å². The van der Waals surface area contributed by atoms with E-state index in [1.807, 2.05) is 18.3 Å². The molecule has 2 aromatic rings. The zero-order valence-corrected chi connectivity index (χ0v) is 13.3. The Balaban J connectivity index is 1.62. The second-order valence-electron chi connectivity index (χ2n) is 5.57. The van der Waals surface area contributed by atoms with Crippen LogP contribution in [0.15, 0.2) is 30.5 Å². The quantitative estimate of drug-likeness (QED) is 0.897. The molecule has 3 nitrogen and oxygen atoms in total. The van der Waals surface area contributed by atoms with Crippen LogP contribution in [0.3, 0.4) is 0 Å². The van der Waals surface area contributed by atoms with Crippen LogP contribution in [0.25, 0.3) is 10.4 Å². The van der Waals surface area contributed by atoms with Crippen LogP contribution in [-0.4, -0.2) is 18.1 Å². The van der Waals surface area contributed by atoms with Crippen LogP contribution < -0.4 is 10.1 Å². The van der Waals surface area contributed by atoms with E-state index in [0.29, 0.717) is 6.04 Å². The number of ether oxygens (including phenoxy) is 1. The fourth-order valence-corrected chi connectivity index (χ4v) is 3.71. The molecular weight excluding hydrogens is 280 g/mol. The molecule has 1 saturated carbocycles. The van der Waals surface area contributed by atoms with Crippen molar-refractivity contribution in [1.82, 2.24) is 10.3 Å². The van der Waals surface area contributed by atoms with Gasteiger partial charge in [0.1, 0.15) is 10.8 Å². The lowest BCUT2D eigenvalue weighted by atomic mass is 9.96. The maximum Gasteiger partial charge on any atom is 0.119 e. The number of hydrogen-bond donors (Lipinski definition) is 1. The van der Waals surface area contributed by atoms with Crippen molar-refractivity contribution < 1.29 is 4.74 Å². The average molecular weight is 302 g/mol. The minimum atomic E-state index is 0.683. The number of thiazole rings is 1. The molecule has 0 amide bonds. The molecule has 0 bridgehead atoms. The molecule has 0 unspecified atom stereocenters. The third kappa shape index (κ3) is 3.83. The predicted molar refractivity (Wildman–Crippen MR) is 87.8 cm³/mol. The zero-order chi connectivity index (χ0) is 14.5. The van der Waals surface area contributed by atoms with Crippen molar-refractivity contribution >= 4 is 11.3 Å². The molecule has 0 spiro atoms. The largest absolute Gasteiger partial charge is 0.497 e. The first-order valence-corrected chi connectivity index (χ1v) is 8.49.